The molecule has 1 aliphatic rings. The molecule has 0 spiro atoms. The number of unbranched alkanes of at least 4 members (excludes halogenated alkanes) is 1. The Morgan fingerprint density at radius 1 is 1.12 bits per heavy atom. The zero-order valence-electron chi connectivity index (χ0n) is 16.3. The predicted octanol–water partition coefficient (Wildman–Crippen LogP) is 5.48. The van der Waals surface area contributed by atoms with Crippen LogP contribution in [0, 0.1) is 11.8 Å². The molecule has 0 aromatic heterocycles. The Kier molecular flexibility index (Phi) is 13.8. The van der Waals surface area contributed by atoms with Crippen LogP contribution >= 0.6 is 0 Å². The lowest BCUT2D eigenvalue weighted by Crippen LogP contribution is -2.19. The van der Waals surface area contributed by atoms with Gasteiger partial charge in [0, 0.05) is 12.3 Å². The lowest BCUT2D eigenvalue weighted by atomic mass is 9.91. The van der Waals surface area contributed by atoms with E-state index in [1.807, 2.05) is 39.8 Å². The van der Waals surface area contributed by atoms with Crippen LogP contribution in [-0.4, -0.2) is 22.3 Å². The third-order valence-corrected chi connectivity index (χ3v) is 4.30. The predicted molar refractivity (Wildman–Crippen MR) is 106 cm³/mol. The van der Waals surface area contributed by atoms with Crippen molar-refractivity contribution in [3.8, 4) is 0 Å². The number of benzene rings is 1. The average Bonchev–Trinajstić information content (AvgIpc) is 2.98. The molecule has 1 aliphatic carbocycles. The highest BCUT2D eigenvalue weighted by atomic mass is 16.4. The molecule has 3 atom stereocenters. The van der Waals surface area contributed by atoms with E-state index in [0.29, 0.717) is 0 Å². The number of rotatable bonds is 7. The molecular weight excluding hydrogens is 312 g/mol. The number of carbonyl (C=O) groups is 1. The molecule has 0 amide bonds. The number of carboxylic acid groups (broad SMARTS) is 1. The van der Waals surface area contributed by atoms with Crippen molar-refractivity contribution in [1.82, 2.24) is 0 Å². The number of hydrogen-bond donors (Lipinski definition) is 2. The van der Waals surface area contributed by atoms with Gasteiger partial charge in [-0.15, -0.1) is 0 Å². The van der Waals surface area contributed by atoms with Crippen LogP contribution in [0.15, 0.2) is 42.5 Å². The summed E-state index contributed by atoms with van der Waals surface area (Å²) in [5, 5.41) is 18.9. The Bertz CT molecular complexity index is 467. The van der Waals surface area contributed by atoms with Gasteiger partial charge < -0.3 is 10.2 Å². The van der Waals surface area contributed by atoms with E-state index < -0.39 is 5.97 Å². The standard InChI is InChI=1S/C18H24O3.2C2H6/c19-17-12-11-15(13-18(20)21)16(17)10-6-2-5-9-14-7-3-1-4-8-14;2*1-2/h1,3-4,6-8,10,15-17,19H,2,5,9,11-13H2,(H,20,21);2*1-2H3/b10-6+;;/t15-,16-,17-;;/m1../s1. The molecule has 1 aromatic carbocycles. The Balaban J connectivity index is 0.00000134. The molecule has 2 N–H and O–H groups in total. The van der Waals surface area contributed by atoms with E-state index in [4.69, 9.17) is 5.11 Å². The number of aryl methyl sites for hydroxylation is 1. The second-order valence-corrected chi connectivity index (χ2v) is 5.89. The van der Waals surface area contributed by atoms with Crippen molar-refractivity contribution >= 4 is 5.97 Å². The maximum absolute atomic E-state index is 10.8. The number of allylic oxidation sites excluding steroid dienone is 1. The molecule has 1 fully saturated rings. The third-order valence-electron chi connectivity index (χ3n) is 4.30. The minimum absolute atomic E-state index is 0.0119. The molecule has 3 nitrogen and oxygen atoms in total. The molecule has 3 heteroatoms. The van der Waals surface area contributed by atoms with Crippen molar-refractivity contribution < 1.29 is 15.0 Å². The number of aliphatic hydroxyl groups excluding tert-OH is 1. The SMILES string of the molecule is CC.CC.O=C(O)C[C@H]1CC[C@@H](O)[C@@H]1/C=C/CCCc1ccccc1. The molecule has 0 saturated heterocycles. The maximum atomic E-state index is 10.8. The van der Waals surface area contributed by atoms with Crippen LogP contribution in [0.4, 0.5) is 0 Å². The monoisotopic (exact) mass is 348 g/mol. The van der Waals surface area contributed by atoms with Crippen LogP contribution in [0.3, 0.4) is 0 Å². The quantitative estimate of drug-likeness (QED) is 0.507. The Morgan fingerprint density at radius 2 is 1.76 bits per heavy atom. The molecule has 0 bridgehead atoms. The molecule has 25 heavy (non-hydrogen) atoms. The van der Waals surface area contributed by atoms with Crippen molar-refractivity contribution in [1.29, 1.82) is 0 Å². The zero-order chi connectivity index (χ0) is 19.1. The van der Waals surface area contributed by atoms with Gasteiger partial charge in [0.15, 0.2) is 0 Å². The minimum atomic E-state index is -0.767. The van der Waals surface area contributed by atoms with Crippen molar-refractivity contribution in [2.24, 2.45) is 11.8 Å². The Morgan fingerprint density at radius 3 is 2.36 bits per heavy atom. The summed E-state index contributed by atoms with van der Waals surface area (Å²) < 4.78 is 0. The summed E-state index contributed by atoms with van der Waals surface area (Å²) in [6, 6.07) is 10.4. The van der Waals surface area contributed by atoms with Crippen molar-refractivity contribution in [2.45, 2.75) is 72.3 Å². The summed E-state index contributed by atoms with van der Waals surface area (Å²) in [4.78, 5) is 10.8. The van der Waals surface area contributed by atoms with Crippen LogP contribution in [0.1, 0.15) is 65.4 Å². The lowest BCUT2D eigenvalue weighted by Gasteiger charge is -2.16. The van der Waals surface area contributed by atoms with Gasteiger partial charge in [0.1, 0.15) is 0 Å². The van der Waals surface area contributed by atoms with Gasteiger partial charge in [-0.3, -0.25) is 4.79 Å². The van der Waals surface area contributed by atoms with E-state index >= 15 is 0 Å². The maximum Gasteiger partial charge on any atom is 0.303 e. The Labute approximate surface area is 153 Å². The van der Waals surface area contributed by atoms with Gasteiger partial charge in [0.25, 0.3) is 0 Å². The Hall–Kier alpha value is -1.61. The number of carboxylic acids is 1. The third kappa shape index (κ3) is 9.45. The van der Waals surface area contributed by atoms with E-state index in [1.54, 1.807) is 0 Å². The second kappa shape index (κ2) is 14.7. The minimum Gasteiger partial charge on any atom is -0.481 e. The van der Waals surface area contributed by atoms with Gasteiger partial charge >= 0.3 is 5.97 Å². The first-order valence-electron chi connectivity index (χ1n) is 9.77. The van der Waals surface area contributed by atoms with Gasteiger partial charge in [-0.2, -0.15) is 0 Å². The van der Waals surface area contributed by atoms with Crippen LogP contribution in [0.25, 0.3) is 0 Å². The summed E-state index contributed by atoms with van der Waals surface area (Å²) in [7, 11) is 0. The smallest absolute Gasteiger partial charge is 0.303 e. The summed E-state index contributed by atoms with van der Waals surface area (Å²) in [5.41, 5.74) is 1.34. The highest BCUT2D eigenvalue weighted by Crippen LogP contribution is 2.35. The van der Waals surface area contributed by atoms with Crippen molar-refractivity contribution in [3.63, 3.8) is 0 Å². The van der Waals surface area contributed by atoms with Gasteiger partial charge in [0.05, 0.1) is 6.10 Å². The zero-order valence-corrected chi connectivity index (χ0v) is 16.3. The lowest BCUT2D eigenvalue weighted by molar-refractivity contribution is -0.138. The topological polar surface area (TPSA) is 57.5 Å². The molecule has 0 heterocycles. The second-order valence-electron chi connectivity index (χ2n) is 5.89. The number of aliphatic carboxylic acids is 1. The summed E-state index contributed by atoms with van der Waals surface area (Å²) >= 11 is 0. The highest BCUT2D eigenvalue weighted by molar-refractivity contribution is 5.67. The molecule has 0 aliphatic heterocycles. The molecule has 0 unspecified atom stereocenters. The van der Waals surface area contributed by atoms with Gasteiger partial charge in [-0.25, -0.2) is 0 Å². The fourth-order valence-electron chi connectivity index (χ4n) is 3.15. The molecule has 0 radical (unpaired) electrons. The van der Waals surface area contributed by atoms with Crippen LogP contribution in [-0.2, 0) is 11.2 Å². The van der Waals surface area contributed by atoms with E-state index in [0.717, 1.165) is 32.1 Å². The number of aliphatic hydroxyl groups is 1. The van der Waals surface area contributed by atoms with Crippen LogP contribution in [0.5, 0.6) is 0 Å². The van der Waals surface area contributed by atoms with E-state index in [9.17, 15) is 9.90 Å². The first-order chi connectivity index (χ1) is 12.2. The summed E-state index contributed by atoms with van der Waals surface area (Å²) in [5.74, 6) is -0.669. The molecule has 2 rings (SSSR count). The summed E-state index contributed by atoms with van der Waals surface area (Å²) in [6.07, 6.45) is 8.56. The normalized spacial score (nSPS) is 21.9. The fraction of sp³-hybridized carbons (Fsp3) is 0.591. The first-order valence-corrected chi connectivity index (χ1v) is 9.77. The molecule has 1 saturated carbocycles. The van der Waals surface area contributed by atoms with Crippen molar-refractivity contribution in [3.05, 3.63) is 48.0 Å². The van der Waals surface area contributed by atoms with Gasteiger partial charge in [-0.1, -0.05) is 70.2 Å². The van der Waals surface area contributed by atoms with Crippen LogP contribution < -0.4 is 0 Å². The fourth-order valence-corrected chi connectivity index (χ4v) is 3.15. The highest BCUT2D eigenvalue weighted by Gasteiger charge is 2.34. The van der Waals surface area contributed by atoms with Gasteiger partial charge in [0.2, 0.25) is 0 Å². The summed E-state index contributed by atoms with van der Waals surface area (Å²) in [6.45, 7) is 8.00. The van der Waals surface area contributed by atoms with Gasteiger partial charge in [-0.05, 0) is 43.6 Å². The molecular formula is C22H36O3. The van der Waals surface area contributed by atoms with E-state index in [2.05, 4.69) is 30.3 Å². The molecule has 142 valence electrons. The van der Waals surface area contributed by atoms with E-state index in [-0.39, 0.29) is 24.4 Å². The average molecular weight is 349 g/mol. The first kappa shape index (κ1) is 23.4. The number of hydrogen-bond acceptors (Lipinski definition) is 2. The molecule has 1 aromatic rings. The van der Waals surface area contributed by atoms with Crippen molar-refractivity contribution in [2.75, 3.05) is 0 Å². The largest absolute Gasteiger partial charge is 0.481 e. The van der Waals surface area contributed by atoms with E-state index in [1.165, 1.54) is 5.56 Å². The van der Waals surface area contributed by atoms with Crippen LogP contribution in [0.2, 0.25) is 0 Å².